The van der Waals surface area contributed by atoms with Gasteiger partial charge in [-0.25, -0.2) is 4.39 Å². The number of aromatic nitrogens is 2. The summed E-state index contributed by atoms with van der Waals surface area (Å²) >= 11 is 0. The van der Waals surface area contributed by atoms with Gasteiger partial charge in [-0.2, -0.15) is 9.78 Å². The van der Waals surface area contributed by atoms with E-state index in [0.717, 1.165) is 5.56 Å². The first-order valence-corrected chi connectivity index (χ1v) is 7.69. The first kappa shape index (κ1) is 16.6. The van der Waals surface area contributed by atoms with Crippen LogP contribution in [0.25, 0.3) is 16.8 Å². The Balaban J connectivity index is 2.05. The van der Waals surface area contributed by atoms with Gasteiger partial charge in [-0.05, 0) is 48.9 Å². The van der Waals surface area contributed by atoms with Gasteiger partial charge >= 0.3 is 0 Å². The summed E-state index contributed by atoms with van der Waals surface area (Å²) in [5.74, 6) is -0.543. The lowest BCUT2D eigenvalue weighted by molar-refractivity contribution is -0.114. The van der Waals surface area contributed by atoms with Gasteiger partial charge in [-0.1, -0.05) is 12.1 Å². The number of hydrogen-bond acceptors (Lipinski definition) is 3. The molecule has 0 spiro atoms. The van der Waals surface area contributed by atoms with Crippen molar-refractivity contribution in [2.75, 3.05) is 5.32 Å². The Morgan fingerprint density at radius 2 is 1.84 bits per heavy atom. The average molecular weight is 337 g/mol. The summed E-state index contributed by atoms with van der Waals surface area (Å²) in [4.78, 5) is 23.7. The molecule has 3 aromatic rings. The highest BCUT2D eigenvalue weighted by atomic mass is 19.1. The number of halogens is 1. The summed E-state index contributed by atoms with van der Waals surface area (Å²) in [7, 11) is 0. The van der Waals surface area contributed by atoms with Crippen molar-refractivity contribution in [2.24, 2.45) is 0 Å². The van der Waals surface area contributed by atoms with E-state index in [0.29, 0.717) is 22.6 Å². The molecule has 0 aliphatic heterocycles. The number of anilines is 1. The first-order chi connectivity index (χ1) is 11.9. The zero-order valence-corrected chi connectivity index (χ0v) is 13.8. The number of carbonyl (C=O) groups excluding carboxylic acids is 1. The molecule has 6 heteroatoms. The van der Waals surface area contributed by atoms with Gasteiger partial charge in [-0.3, -0.25) is 9.59 Å². The van der Waals surface area contributed by atoms with Crippen molar-refractivity contribution in [2.45, 2.75) is 13.8 Å². The summed E-state index contributed by atoms with van der Waals surface area (Å²) < 4.78 is 14.3. The van der Waals surface area contributed by atoms with Gasteiger partial charge in [0.05, 0.1) is 11.4 Å². The van der Waals surface area contributed by atoms with Crippen molar-refractivity contribution < 1.29 is 9.18 Å². The summed E-state index contributed by atoms with van der Waals surface area (Å²) in [5, 5.41) is 7.05. The Hall–Kier alpha value is -3.28. The Labute approximate surface area is 143 Å². The molecule has 0 atom stereocenters. The lowest BCUT2D eigenvalue weighted by Gasteiger charge is -2.11. The maximum absolute atomic E-state index is 13.1. The Kier molecular flexibility index (Phi) is 4.43. The van der Waals surface area contributed by atoms with Crippen molar-refractivity contribution in [1.82, 2.24) is 9.78 Å². The number of rotatable bonds is 3. The molecule has 0 bridgehead atoms. The fraction of sp³-hybridized carbons (Fsp3) is 0.105. The summed E-state index contributed by atoms with van der Waals surface area (Å²) in [6, 6.07) is 14.2. The largest absolute Gasteiger partial charge is 0.326 e. The highest BCUT2D eigenvalue weighted by molar-refractivity contribution is 5.89. The van der Waals surface area contributed by atoms with Crippen LogP contribution in [0.4, 0.5) is 10.1 Å². The van der Waals surface area contributed by atoms with Crippen molar-refractivity contribution in [3.05, 3.63) is 76.5 Å². The molecule has 0 fully saturated rings. The maximum Gasteiger partial charge on any atom is 0.272 e. The third-order valence-electron chi connectivity index (χ3n) is 3.68. The first-order valence-electron chi connectivity index (χ1n) is 7.69. The SMILES string of the molecule is CC(=O)Nc1cccc(-c2cc(=O)n(-c3ccc(F)cc3)nc2C)c1. The van der Waals surface area contributed by atoms with Crippen molar-refractivity contribution in [3.8, 4) is 16.8 Å². The molecule has 0 aliphatic rings. The number of aryl methyl sites for hydroxylation is 1. The summed E-state index contributed by atoms with van der Waals surface area (Å²) in [6.07, 6.45) is 0. The van der Waals surface area contributed by atoms with E-state index in [9.17, 15) is 14.0 Å². The minimum atomic E-state index is -0.375. The standard InChI is InChI=1S/C19H16FN3O2/c1-12-18(14-4-3-5-16(10-14)21-13(2)24)11-19(25)23(22-12)17-8-6-15(20)7-9-17/h3-11H,1-2H3,(H,21,24). The zero-order valence-electron chi connectivity index (χ0n) is 13.8. The van der Waals surface area contributed by atoms with E-state index in [1.165, 1.54) is 41.9 Å². The van der Waals surface area contributed by atoms with Crippen LogP contribution in [0.2, 0.25) is 0 Å². The van der Waals surface area contributed by atoms with Gasteiger partial charge in [0.15, 0.2) is 0 Å². The Morgan fingerprint density at radius 3 is 2.52 bits per heavy atom. The highest BCUT2D eigenvalue weighted by Crippen LogP contribution is 2.24. The quantitative estimate of drug-likeness (QED) is 0.797. The lowest BCUT2D eigenvalue weighted by atomic mass is 10.0. The minimum absolute atomic E-state index is 0.168. The molecular weight excluding hydrogens is 321 g/mol. The van der Waals surface area contributed by atoms with E-state index in [1.807, 2.05) is 6.07 Å². The van der Waals surface area contributed by atoms with Gasteiger partial charge in [0, 0.05) is 24.2 Å². The predicted molar refractivity (Wildman–Crippen MR) is 94.3 cm³/mol. The van der Waals surface area contributed by atoms with Crippen LogP contribution in [0.3, 0.4) is 0 Å². The molecule has 0 radical (unpaired) electrons. The second kappa shape index (κ2) is 6.68. The van der Waals surface area contributed by atoms with Crippen LogP contribution < -0.4 is 10.9 Å². The van der Waals surface area contributed by atoms with E-state index in [-0.39, 0.29) is 17.3 Å². The van der Waals surface area contributed by atoms with Crippen molar-refractivity contribution >= 4 is 11.6 Å². The fourth-order valence-corrected chi connectivity index (χ4v) is 2.57. The van der Waals surface area contributed by atoms with Crippen LogP contribution in [0.1, 0.15) is 12.6 Å². The van der Waals surface area contributed by atoms with E-state index >= 15 is 0 Å². The molecule has 0 saturated carbocycles. The summed E-state index contributed by atoms with van der Waals surface area (Å²) in [5.41, 5.74) is 2.91. The Bertz CT molecular complexity index is 994. The van der Waals surface area contributed by atoms with Crippen LogP contribution in [0.15, 0.2) is 59.4 Å². The predicted octanol–water partition coefficient (Wildman–Crippen LogP) is 3.31. The molecule has 0 aliphatic carbocycles. The topological polar surface area (TPSA) is 64.0 Å². The second-order valence-corrected chi connectivity index (χ2v) is 5.63. The number of hydrogen-bond donors (Lipinski definition) is 1. The molecule has 2 aromatic carbocycles. The fourth-order valence-electron chi connectivity index (χ4n) is 2.57. The number of nitrogens with one attached hydrogen (secondary N) is 1. The van der Waals surface area contributed by atoms with Crippen LogP contribution in [-0.2, 0) is 4.79 Å². The highest BCUT2D eigenvalue weighted by Gasteiger charge is 2.10. The molecule has 1 aromatic heterocycles. The normalized spacial score (nSPS) is 10.5. The zero-order chi connectivity index (χ0) is 18.0. The number of nitrogens with zero attached hydrogens (tertiary/aromatic N) is 2. The van der Waals surface area contributed by atoms with Gasteiger partial charge in [0.1, 0.15) is 5.82 Å². The van der Waals surface area contributed by atoms with Crippen LogP contribution in [0, 0.1) is 12.7 Å². The second-order valence-electron chi connectivity index (χ2n) is 5.63. The van der Waals surface area contributed by atoms with E-state index < -0.39 is 0 Å². The third kappa shape index (κ3) is 3.63. The van der Waals surface area contributed by atoms with Crippen molar-refractivity contribution in [3.63, 3.8) is 0 Å². The molecule has 1 amide bonds. The molecule has 1 N–H and O–H groups in total. The van der Waals surface area contributed by atoms with E-state index in [4.69, 9.17) is 0 Å². The number of carbonyl (C=O) groups is 1. The van der Waals surface area contributed by atoms with Crippen LogP contribution in [-0.4, -0.2) is 15.7 Å². The van der Waals surface area contributed by atoms with Gasteiger partial charge in [0.2, 0.25) is 5.91 Å². The van der Waals surface area contributed by atoms with E-state index in [2.05, 4.69) is 10.4 Å². The summed E-state index contributed by atoms with van der Waals surface area (Å²) in [6.45, 7) is 3.23. The Morgan fingerprint density at radius 1 is 1.12 bits per heavy atom. The van der Waals surface area contributed by atoms with Crippen LogP contribution >= 0.6 is 0 Å². The molecular formula is C19H16FN3O2. The van der Waals surface area contributed by atoms with E-state index in [1.54, 1.807) is 25.1 Å². The average Bonchev–Trinajstić information content (AvgIpc) is 2.57. The molecule has 0 unspecified atom stereocenters. The van der Waals surface area contributed by atoms with Gasteiger partial charge in [0.25, 0.3) is 5.56 Å². The number of benzene rings is 2. The molecule has 3 rings (SSSR count). The monoisotopic (exact) mass is 337 g/mol. The molecule has 0 saturated heterocycles. The van der Waals surface area contributed by atoms with Gasteiger partial charge in [-0.15, -0.1) is 0 Å². The van der Waals surface area contributed by atoms with Gasteiger partial charge < -0.3 is 5.32 Å². The molecule has 25 heavy (non-hydrogen) atoms. The molecule has 1 heterocycles. The minimum Gasteiger partial charge on any atom is -0.326 e. The smallest absolute Gasteiger partial charge is 0.272 e. The van der Waals surface area contributed by atoms with Crippen molar-refractivity contribution in [1.29, 1.82) is 0 Å². The number of amides is 1. The molecule has 126 valence electrons. The lowest BCUT2D eigenvalue weighted by Crippen LogP contribution is -2.21. The van der Waals surface area contributed by atoms with Crippen LogP contribution in [0.5, 0.6) is 0 Å². The third-order valence-corrected chi connectivity index (χ3v) is 3.68. The molecule has 5 nitrogen and oxygen atoms in total. The maximum atomic E-state index is 13.1.